The van der Waals surface area contributed by atoms with Gasteiger partial charge in [0.15, 0.2) is 0 Å². The van der Waals surface area contributed by atoms with Crippen molar-refractivity contribution in [3.63, 3.8) is 0 Å². The van der Waals surface area contributed by atoms with Crippen LogP contribution in [0.1, 0.15) is 6.92 Å². The van der Waals surface area contributed by atoms with Gasteiger partial charge in [0.2, 0.25) is 0 Å². The van der Waals surface area contributed by atoms with Crippen LogP contribution in [0.25, 0.3) is 10.9 Å². The van der Waals surface area contributed by atoms with Crippen LogP contribution in [0.3, 0.4) is 0 Å². The summed E-state index contributed by atoms with van der Waals surface area (Å²) in [5.74, 6) is -0.810. The van der Waals surface area contributed by atoms with Crippen molar-refractivity contribution < 1.29 is 13.9 Å². The van der Waals surface area contributed by atoms with E-state index in [1.807, 2.05) is 0 Å². The van der Waals surface area contributed by atoms with E-state index in [-0.39, 0.29) is 12.4 Å². The normalized spacial score (nSPS) is 10.6. The minimum Gasteiger partial charge on any atom is -0.465 e. The standard InChI is InChI=1S/C11H11FN2O2/c1-2-16-10(15)7-14-11-8(6-13-14)4-3-5-9(11)12/h3-6H,2,7H2,1H3. The van der Waals surface area contributed by atoms with E-state index in [0.717, 1.165) is 0 Å². The van der Waals surface area contributed by atoms with Crippen molar-refractivity contribution in [3.8, 4) is 0 Å². The summed E-state index contributed by atoms with van der Waals surface area (Å²) in [4.78, 5) is 11.3. The summed E-state index contributed by atoms with van der Waals surface area (Å²) < 4.78 is 19.6. The molecule has 2 aromatic rings. The van der Waals surface area contributed by atoms with E-state index in [1.165, 1.54) is 16.9 Å². The summed E-state index contributed by atoms with van der Waals surface area (Å²) in [6, 6.07) is 4.69. The Morgan fingerprint density at radius 2 is 2.38 bits per heavy atom. The Morgan fingerprint density at radius 1 is 1.56 bits per heavy atom. The summed E-state index contributed by atoms with van der Waals surface area (Å²) in [5, 5.41) is 4.62. The number of para-hydroxylation sites is 1. The number of ether oxygens (including phenoxy) is 1. The number of nitrogens with zero attached hydrogens (tertiary/aromatic N) is 2. The van der Waals surface area contributed by atoms with Gasteiger partial charge in [-0.3, -0.25) is 9.48 Å². The molecule has 4 nitrogen and oxygen atoms in total. The van der Waals surface area contributed by atoms with Crippen LogP contribution in [-0.4, -0.2) is 22.4 Å². The molecule has 0 radical (unpaired) electrons. The van der Waals surface area contributed by atoms with Gasteiger partial charge in [0.1, 0.15) is 17.9 Å². The average Bonchev–Trinajstić information content (AvgIpc) is 2.63. The first-order chi connectivity index (χ1) is 7.72. The van der Waals surface area contributed by atoms with Gasteiger partial charge in [-0.05, 0) is 13.0 Å². The molecule has 0 unspecified atom stereocenters. The highest BCUT2D eigenvalue weighted by Crippen LogP contribution is 2.16. The highest BCUT2D eigenvalue weighted by molar-refractivity contribution is 5.80. The summed E-state index contributed by atoms with van der Waals surface area (Å²) in [5.41, 5.74) is 0.329. The van der Waals surface area contributed by atoms with Crippen LogP contribution in [0.2, 0.25) is 0 Å². The first kappa shape index (κ1) is 10.6. The van der Waals surface area contributed by atoms with Crippen molar-refractivity contribution in [2.75, 3.05) is 6.61 Å². The molecule has 16 heavy (non-hydrogen) atoms. The van der Waals surface area contributed by atoms with E-state index >= 15 is 0 Å². The Balaban J connectivity index is 2.34. The SMILES string of the molecule is CCOC(=O)Cn1ncc2cccc(F)c21. The highest BCUT2D eigenvalue weighted by Gasteiger charge is 2.11. The third kappa shape index (κ3) is 1.88. The third-order valence-electron chi connectivity index (χ3n) is 2.20. The molecule has 0 aliphatic carbocycles. The molecule has 0 aliphatic rings. The van der Waals surface area contributed by atoms with Crippen LogP contribution in [0.4, 0.5) is 4.39 Å². The van der Waals surface area contributed by atoms with Crippen molar-refractivity contribution in [2.45, 2.75) is 13.5 Å². The van der Waals surface area contributed by atoms with Gasteiger partial charge in [-0.15, -0.1) is 0 Å². The highest BCUT2D eigenvalue weighted by atomic mass is 19.1. The molecule has 0 saturated heterocycles. The topological polar surface area (TPSA) is 44.1 Å². The van der Waals surface area contributed by atoms with E-state index in [9.17, 15) is 9.18 Å². The molecule has 5 heteroatoms. The number of carbonyl (C=O) groups excluding carboxylic acids is 1. The predicted molar refractivity (Wildman–Crippen MR) is 56.3 cm³/mol. The van der Waals surface area contributed by atoms with Gasteiger partial charge in [0.05, 0.1) is 12.8 Å². The molecular formula is C11H11FN2O2. The quantitative estimate of drug-likeness (QED) is 0.743. The van der Waals surface area contributed by atoms with Gasteiger partial charge in [0, 0.05) is 5.39 Å². The molecule has 0 spiro atoms. The molecule has 84 valence electrons. The Hall–Kier alpha value is -1.91. The molecule has 0 fully saturated rings. The fraction of sp³-hybridized carbons (Fsp3) is 0.273. The van der Waals surface area contributed by atoms with Crippen LogP contribution in [0.15, 0.2) is 24.4 Å². The van der Waals surface area contributed by atoms with Crippen molar-refractivity contribution in [1.82, 2.24) is 9.78 Å². The fourth-order valence-electron chi connectivity index (χ4n) is 1.55. The number of esters is 1. The van der Waals surface area contributed by atoms with Crippen LogP contribution < -0.4 is 0 Å². The number of rotatable bonds is 3. The molecule has 1 aromatic carbocycles. The Labute approximate surface area is 91.6 Å². The number of halogens is 1. The van der Waals surface area contributed by atoms with E-state index in [2.05, 4.69) is 5.10 Å². The molecule has 0 aliphatic heterocycles. The summed E-state index contributed by atoms with van der Waals surface area (Å²) in [6.07, 6.45) is 1.53. The minimum atomic E-state index is -0.421. The van der Waals surface area contributed by atoms with E-state index < -0.39 is 5.97 Å². The zero-order valence-corrected chi connectivity index (χ0v) is 8.81. The molecule has 1 heterocycles. The maximum Gasteiger partial charge on any atom is 0.327 e. The monoisotopic (exact) mass is 222 g/mol. The van der Waals surface area contributed by atoms with Crippen molar-refractivity contribution in [3.05, 3.63) is 30.2 Å². The van der Waals surface area contributed by atoms with Gasteiger partial charge in [-0.1, -0.05) is 12.1 Å². The molecule has 2 rings (SSSR count). The molecular weight excluding hydrogens is 211 g/mol. The lowest BCUT2D eigenvalue weighted by Crippen LogP contribution is -2.14. The maximum absolute atomic E-state index is 13.5. The maximum atomic E-state index is 13.5. The van der Waals surface area contributed by atoms with Gasteiger partial charge in [-0.25, -0.2) is 4.39 Å². The van der Waals surface area contributed by atoms with Crippen LogP contribution >= 0.6 is 0 Å². The molecule has 0 bridgehead atoms. The van der Waals surface area contributed by atoms with Gasteiger partial charge >= 0.3 is 5.97 Å². The number of fused-ring (bicyclic) bond motifs is 1. The van der Waals surface area contributed by atoms with E-state index in [4.69, 9.17) is 4.74 Å². The van der Waals surface area contributed by atoms with Crippen LogP contribution in [0.5, 0.6) is 0 Å². The molecule has 0 atom stereocenters. The predicted octanol–water partition coefficient (Wildman–Crippen LogP) is 1.74. The summed E-state index contributed by atoms with van der Waals surface area (Å²) in [7, 11) is 0. The van der Waals surface area contributed by atoms with Gasteiger partial charge in [0.25, 0.3) is 0 Å². The zero-order chi connectivity index (χ0) is 11.5. The second-order valence-electron chi connectivity index (χ2n) is 3.28. The Kier molecular flexibility index (Phi) is 2.85. The Bertz CT molecular complexity index is 522. The Morgan fingerprint density at radius 3 is 3.12 bits per heavy atom. The van der Waals surface area contributed by atoms with E-state index in [0.29, 0.717) is 17.5 Å². The molecule has 0 N–H and O–H groups in total. The van der Waals surface area contributed by atoms with Crippen molar-refractivity contribution >= 4 is 16.9 Å². The largest absolute Gasteiger partial charge is 0.465 e. The van der Waals surface area contributed by atoms with Gasteiger partial charge < -0.3 is 4.74 Å². The lowest BCUT2D eigenvalue weighted by atomic mass is 10.2. The molecule has 1 aromatic heterocycles. The first-order valence-electron chi connectivity index (χ1n) is 4.98. The summed E-state index contributed by atoms with van der Waals surface area (Å²) in [6.45, 7) is 1.96. The number of hydrogen-bond acceptors (Lipinski definition) is 3. The average molecular weight is 222 g/mol. The van der Waals surface area contributed by atoms with Crippen molar-refractivity contribution in [1.29, 1.82) is 0 Å². The van der Waals surface area contributed by atoms with Crippen LogP contribution in [0, 0.1) is 5.82 Å². The fourth-order valence-corrected chi connectivity index (χ4v) is 1.55. The molecule has 0 amide bonds. The van der Waals surface area contributed by atoms with Crippen LogP contribution in [-0.2, 0) is 16.1 Å². The van der Waals surface area contributed by atoms with Crippen molar-refractivity contribution in [2.24, 2.45) is 0 Å². The van der Waals surface area contributed by atoms with E-state index in [1.54, 1.807) is 19.1 Å². The lowest BCUT2D eigenvalue weighted by molar-refractivity contribution is -0.143. The second kappa shape index (κ2) is 4.30. The minimum absolute atomic E-state index is 0.0712. The number of benzene rings is 1. The first-order valence-corrected chi connectivity index (χ1v) is 4.98. The number of hydrogen-bond donors (Lipinski definition) is 0. The third-order valence-corrected chi connectivity index (χ3v) is 2.20. The number of carbonyl (C=O) groups is 1. The zero-order valence-electron chi connectivity index (χ0n) is 8.81. The smallest absolute Gasteiger partial charge is 0.327 e. The second-order valence-corrected chi connectivity index (χ2v) is 3.28. The van der Waals surface area contributed by atoms with Gasteiger partial charge in [-0.2, -0.15) is 5.10 Å². The summed E-state index contributed by atoms with van der Waals surface area (Å²) >= 11 is 0. The number of aromatic nitrogens is 2. The lowest BCUT2D eigenvalue weighted by Gasteiger charge is -2.03. The molecule has 0 saturated carbocycles.